The molecule has 7 nitrogen and oxygen atoms in total. The van der Waals surface area contributed by atoms with Gasteiger partial charge in [-0.2, -0.15) is 0 Å². The third kappa shape index (κ3) is 5.02. The van der Waals surface area contributed by atoms with E-state index in [1.165, 1.54) is 4.90 Å². The molecule has 1 unspecified atom stereocenters. The molecule has 2 aliphatic heterocycles. The third-order valence-corrected chi connectivity index (χ3v) is 6.88. The first-order chi connectivity index (χ1) is 17.6. The first kappa shape index (κ1) is 23.8. The van der Waals surface area contributed by atoms with Gasteiger partial charge in [0.05, 0.1) is 11.1 Å². The van der Waals surface area contributed by atoms with Crippen molar-refractivity contribution >= 4 is 23.5 Å². The van der Waals surface area contributed by atoms with Crippen LogP contribution in [-0.4, -0.2) is 66.3 Å². The summed E-state index contributed by atoms with van der Waals surface area (Å²) >= 11 is 0. The Bertz CT molecular complexity index is 1190. The lowest BCUT2D eigenvalue weighted by Crippen LogP contribution is -2.54. The largest absolute Gasteiger partial charge is 0.460 e. The van der Waals surface area contributed by atoms with Crippen molar-refractivity contribution in [3.63, 3.8) is 0 Å². The molecule has 0 bridgehead atoms. The van der Waals surface area contributed by atoms with Crippen LogP contribution in [0.1, 0.15) is 32.7 Å². The molecule has 0 saturated carbocycles. The fraction of sp³-hybridized carbons (Fsp3) is 0.276. The number of ether oxygens (including phenoxy) is 1. The van der Waals surface area contributed by atoms with Crippen molar-refractivity contribution in [1.29, 1.82) is 0 Å². The zero-order valence-electron chi connectivity index (χ0n) is 20.1. The van der Waals surface area contributed by atoms with Crippen molar-refractivity contribution in [2.75, 3.05) is 37.6 Å². The number of para-hydroxylation sites is 1. The van der Waals surface area contributed by atoms with Crippen molar-refractivity contribution in [3.8, 4) is 0 Å². The normalized spacial score (nSPS) is 16.7. The van der Waals surface area contributed by atoms with Crippen LogP contribution in [0.5, 0.6) is 0 Å². The van der Waals surface area contributed by atoms with Crippen LogP contribution in [0.3, 0.4) is 0 Å². The molecule has 1 atom stereocenters. The van der Waals surface area contributed by atoms with Crippen molar-refractivity contribution in [2.24, 2.45) is 0 Å². The first-order valence-corrected chi connectivity index (χ1v) is 12.3. The summed E-state index contributed by atoms with van der Waals surface area (Å²) in [4.78, 5) is 44.6. The van der Waals surface area contributed by atoms with Gasteiger partial charge in [-0.15, -0.1) is 0 Å². The molecule has 1 saturated heterocycles. The van der Waals surface area contributed by atoms with E-state index in [4.69, 9.17) is 4.74 Å². The molecule has 0 N–H and O–H groups in total. The number of nitrogens with zero attached hydrogens (tertiary/aromatic N) is 3. The fourth-order valence-corrected chi connectivity index (χ4v) is 4.90. The van der Waals surface area contributed by atoms with E-state index in [1.807, 2.05) is 48.5 Å². The van der Waals surface area contributed by atoms with Gasteiger partial charge < -0.3 is 9.64 Å². The standard InChI is InChI=1S/C29H29N3O4/c33-27-24-13-7-8-14-25(24)28(34)32(27)16-15-26(29(35)36-21-22-9-3-1-4-10-22)31-19-17-30(18-20-31)23-11-5-2-6-12-23/h1-14,26H,15-21H2. The van der Waals surface area contributed by atoms with Gasteiger partial charge in [-0.25, -0.2) is 0 Å². The lowest BCUT2D eigenvalue weighted by Gasteiger charge is -2.39. The van der Waals surface area contributed by atoms with E-state index in [1.54, 1.807) is 24.3 Å². The average molecular weight is 484 g/mol. The Kier molecular flexibility index (Phi) is 7.09. The van der Waals surface area contributed by atoms with E-state index >= 15 is 0 Å². The Hall–Kier alpha value is -3.97. The van der Waals surface area contributed by atoms with Crippen molar-refractivity contribution in [1.82, 2.24) is 9.80 Å². The summed E-state index contributed by atoms with van der Waals surface area (Å²) in [6, 6.07) is 26.1. The molecule has 2 heterocycles. The molecule has 0 aliphatic carbocycles. The molecule has 2 aliphatic rings. The van der Waals surface area contributed by atoms with Crippen molar-refractivity contribution < 1.29 is 19.1 Å². The van der Waals surface area contributed by atoms with Crippen LogP contribution in [-0.2, 0) is 16.1 Å². The summed E-state index contributed by atoms with van der Waals surface area (Å²) in [6.45, 7) is 3.27. The van der Waals surface area contributed by atoms with Crippen LogP contribution in [0, 0.1) is 0 Å². The minimum atomic E-state index is -0.545. The molecule has 36 heavy (non-hydrogen) atoms. The second kappa shape index (κ2) is 10.7. The number of fused-ring (bicyclic) bond motifs is 1. The minimum Gasteiger partial charge on any atom is -0.460 e. The van der Waals surface area contributed by atoms with E-state index in [2.05, 4.69) is 21.9 Å². The topological polar surface area (TPSA) is 70.2 Å². The predicted octanol–water partition coefficient (Wildman–Crippen LogP) is 3.61. The van der Waals surface area contributed by atoms with E-state index in [9.17, 15) is 14.4 Å². The average Bonchev–Trinajstić information content (AvgIpc) is 3.18. The number of esters is 1. The van der Waals surface area contributed by atoms with Crippen LogP contribution < -0.4 is 4.90 Å². The maximum Gasteiger partial charge on any atom is 0.323 e. The van der Waals surface area contributed by atoms with Crippen LogP contribution in [0.4, 0.5) is 5.69 Å². The Labute approximate surface area is 210 Å². The number of piperazine rings is 1. The molecule has 3 aromatic carbocycles. The van der Waals surface area contributed by atoms with Gasteiger partial charge in [0.25, 0.3) is 11.8 Å². The highest BCUT2D eigenvalue weighted by Gasteiger charge is 2.37. The van der Waals surface area contributed by atoms with Crippen LogP contribution in [0.25, 0.3) is 0 Å². The Balaban J connectivity index is 1.27. The summed E-state index contributed by atoms with van der Waals surface area (Å²) in [5, 5.41) is 0. The molecule has 184 valence electrons. The van der Waals surface area contributed by atoms with Crippen molar-refractivity contribution in [3.05, 3.63) is 102 Å². The number of imide groups is 1. The number of benzene rings is 3. The number of carbonyl (C=O) groups is 3. The Morgan fingerprint density at radius 2 is 1.31 bits per heavy atom. The van der Waals surface area contributed by atoms with Gasteiger partial charge in [0.2, 0.25) is 0 Å². The van der Waals surface area contributed by atoms with Gasteiger partial charge in [0, 0.05) is 38.4 Å². The zero-order valence-corrected chi connectivity index (χ0v) is 20.1. The predicted molar refractivity (Wildman–Crippen MR) is 137 cm³/mol. The van der Waals surface area contributed by atoms with Crippen LogP contribution in [0.15, 0.2) is 84.9 Å². The highest BCUT2D eigenvalue weighted by Crippen LogP contribution is 2.24. The maximum absolute atomic E-state index is 13.3. The molecule has 0 aromatic heterocycles. The quantitative estimate of drug-likeness (QED) is 0.360. The monoisotopic (exact) mass is 483 g/mol. The van der Waals surface area contributed by atoms with Crippen LogP contribution in [0.2, 0.25) is 0 Å². The number of hydrogen-bond donors (Lipinski definition) is 0. The van der Waals surface area contributed by atoms with Crippen molar-refractivity contribution in [2.45, 2.75) is 19.1 Å². The van der Waals surface area contributed by atoms with E-state index in [0.717, 1.165) is 24.3 Å². The summed E-state index contributed by atoms with van der Waals surface area (Å²) in [5.74, 6) is -0.939. The summed E-state index contributed by atoms with van der Waals surface area (Å²) in [5.41, 5.74) is 2.91. The number of amides is 2. The van der Waals surface area contributed by atoms with Gasteiger partial charge in [0.1, 0.15) is 12.6 Å². The molecular formula is C29H29N3O4. The molecule has 2 amide bonds. The van der Waals surface area contributed by atoms with E-state index in [-0.39, 0.29) is 30.9 Å². The van der Waals surface area contributed by atoms with Gasteiger partial charge in [-0.3, -0.25) is 24.2 Å². The minimum absolute atomic E-state index is 0.163. The van der Waals surface area contributed by atoms with E-state index < -0.39 is 6.04 Å². The number of carbonyl (C=O) groups excluding carboxylic acids is 3. The Morgan fingerprint density at radius 1 is 0.750 bits per heavy atom. The SMILES string of the molecule is O=C(OCc1ccccc1)C(CCN1C(=O)c2ccccc2C1=O)N1CCN(c2ccccc2)CC1. The first-order valence-electron chi connectivity index (χ1n) is 12.3. The molecule has 0 radical (unpaired) electrons. The molecule has 1 fully saturated rings. The highest BCUT2D eigenvalue weighted by molar-refractivity contribution is 6.21. The fourth-order valence-electron chi connectivity index (χ4n) is 4.90. The molecule has 0 spiro atoms. The molecular weight excluding hydrogens is 454 g/mol. The summed E-state index contributed by atoms with van der Waals surface area (Å²) < 4.78 is 5.70. The third-order valence-electron chi connectivity index (χ3n) is 6.88. The van der Waals surface area contributed by atoms with Gasteiger partial charge in [-0.1, -0.05) is 60.7 Å². The second-order valence-electron chi connectivity index (χ2n) is 9.06. The van der Waals surface area contributed by atoms with Gasteiger partial charge >= 0.3 is 5.97 Å². The molecule has 3 aromatic rings. The van der Waals surface area contributed by atoms with Crippen LogP contribution >= 0.6 is 0 Å². The smallest absolute Gasteiger partial charge is 0.323 e. The highest BCUT2D eigenvalue weighted by atomic mass is 16.5. The summed E-state index contributed by atoms with van der Waals surface area (Å²) in [6.07, 6.45) is 0.324. The lowest BCUT2D eigenvalue weighted by molar-refractivity contribution is -0.152. The van der Waals surface area contributed by atoms with Gasteiger partial charge in [-0.05, 0) is 36.2 Å². The lowest BCUT2D eigenvalue weighted by atomic mass is 10.1. The number of anilines is 1. The summed E-state index contributed by atoms with van der Waals surface area (Å²) in [7, 11) is 0. The van der Waals surface area contributed by atoms with E-state index in [0.29, 0.717) is 30.6 Å². The maximum atomic E-state index is 13.3. The number of hydrogen-bond acceptors (Lipinski definition) is 6. The molecule has 5 rings (SSSR count). The number of rotatable bonds is 8. The molecule has 7 heteroatoms. The van der Waals surface area contributed by atoms with Gasteiger partial charge in [0.15, 0.2) is 0 Å². The zero-order chi connectivity index (χ0) is 24.9. The Morgan fingerprint density at radius 3 is 1.92 bits per heavy atom. The second-order valence-corrected chi connectivity index (χ2v) is 9.06.